The Morgan fingerprint density at radius 2 is 2.10 bits per heavy atom. The predicted molar refractivity (Wildman–Crippen MR) is 72.3 cm³/mol. The van der Waals surface area contributed by atoms with Gasteiger partial charge in [0.15, 0.2) is 0 Å². The van der Waals surface area contributed by atoms with Crippen LogP contribution in [0.5, 0.6) is 5.75 Å². The van der Waals surface area contributed by atoms with Crippen molar-refractivity contribution < 1.29 is 14.0 Å². The molecule has 0 unspecified atom stereocenters. The van der Waals surface area contributed by atoms with Crippen molar-refractivity contribution in [3.63, 3.8) is 0 Å². The van der Waals surface area contributed by atoms with Gasteiger partial charge < -0.3 is 9.63 Å². The Morgan fingerprint density at radius 1 is 1.25 bits per heavy atom. The van der Waals surface area contributed by atoms with Crippen LogP contribution in [0.3, 0.4) is 0 Å². The van der Waals surface area contributed by atoms with E-state index in [1.807, 2.05) is 0 Å². The lowest BCUT2D eigenvalue weighted by molar-refractivity contribution is 0.425. The van der Waals surface area contributed by atoms with Crippen LogP contribution < -0.4 is 0 Å². The molecule has 0 spiro atoms. The molecular formula is C13H7BrFN3O2. The fraction of sp³-hybridized carbons (Fsp3) is 0. The first kappa shape index (κ1) is 12.7. The molecule has 2 heterocycles. The van der Waals surface area contributed by atoms with Crippen molar-refractivity contribution in [1.29, 1.82) is 0 Å². The van der Waals surface area contributed by atoms with Crippen LogP contribution in [-0.2, 0) is 0 Å². The van der Waals surface area contributed by atoms with E-state index in [1.165, 1.54) is 24.5 Å². The van der Waals surface area contributed by atoms with E-state index in [9.17, 15) is 9.50 Å². The van der Waals surface area contributed by atoms with E-state index in [1.54, 1.807) is 12.1 Å². The van der Waals surface area contributed by atoms with Gasteiger partial charge in [-0.15, -0.1) is 0 Å². The lowest BCUT2D eigenvalue weighted by Gasteiger charge is -1.97. The molecule has 0 fully saturated rings. The molecule has 0 aliphatic heterocycles. The SMILES string of the molecule is Oc1cnccc1-c1nc(-c2cc(F)cc(Br)c2)no1. The minimum absolute atomic E-state index is 0.0666. The van der Waals surface area contributed by atoms with E-state index in [0.29, 0.717) is 15.6 Å². The van der Waals surface area contributed by atoms with Crippen LogP contribution in [0, 0.1) is 5.82 Å². The second-order valence-electron chi connectivity index (χ2n) is 3.97. The number of hydrogen-bond donors (Lipinski definition) is 1. The molecule has 0 aliphatic rings. The van der Waals surface area contributed by atoms with Crippen LogP contribution in [-0.4, -0.2) is 20.2 Å². The molecule has 5 nitrogen and oxygen atoms in total. The van der Waals surface area contributed by atoms with Crippen LogP contribution in [0.1, 0.15) is 0 Å². The summed E-state index contributed by atoms with van der Waals surface area (Å²) in [4.78, 5) is 7.90. The summed E-state index contributed by atoms with van der Waals surface area (Å²) in [5, 5.41) is 13.5. The zero-order valence-electron chi connectivity index (χ0n) is 9.92. The van der Waals surface area contributed by atoms with Gasteiger partial charge in [-0.05, 0) is 24.3 Å². The van der Waals surface area contributed by atoms with Crippen molar-refractivity contribution in [3.8, 4) is 28.6 Å². The largest absolute Gasteiger partial charge is 0.505 e. The third kappa shape index (κ3) is 2.39. The molecule has 100 valence electrons. The topological polar surface area (TPSA) is 72.0 Å². The Labute approximate surface area is 121 Å². The lowest BCUT2D eigenvalue weighted by atomic mass is 10.2. The highest BCUT2D eigenvalue weighted by Gasteiger charge is 2.14. The first-order valence-electron chi connectivity index (χ1n) is 5.57. The highest BCUT2D eigenvalue weighted by atomic mass is 79.9. The van der Waals surface area contributed by atoms with Crippen LogP contribution in [0.15, 0.2) is 45.7 Å². The molecule has 0 amide bonds. The van der Waals surface area contributed by atoms with E-state index < -0.39 is 5.82 Å². The van der Waals surface area contributed by atoms with Crippen molar-refractivity contribution in [2.75, 3.05) is 0 Å². The van der Waals surface area contributed by atoms with E-state index >= 15 is 0 Å². The molecule has 2 aromatic heterocycles. The van der Waals surface area contributed by atoms with E-state index in [-0.39, 0.29) is 17.5 Å². The van der Waals surface area contributed by atoms with Gasteiger partial charge in [-0.3, -0.25) is 4.98 Å². The summed E-state index contributed by atoms with van der Waals surface area (Å²) in [5.74, 6) is -0.104. The van der Waals surface area contributed by atoms with E-state index in [0.717, 1.165) is 0 Å². The average Bonchev–Trinajstić information content (AvgIpc) is 2.87. The van der Waals surface area contributed by atoms with Gasteiger partial charge in [0.25, 0.3) is 5.89 Å². The highest BCUT2D eigenvalue weighted by Crippen LogP contribution is 2.29. The van der Waals surface area contributed by atoms with E-state index in [4.69, 9.17) is 4.52 Å². The van der Waals surface area contributed by atoms with E-state index in [2.05, 4.69) is 31.1 Å². The Morgan fingerprint density at radius 3 is 2.85 bits per heavy atom. The number of benzene rings is 1. The number of aromatic nitrogens is 3. The molecule has 3 rings (SSSR count). The molecular weight excluding hydrogens is 329 g/mol. The first-order valence-corrected chi connectivity index (χ1v) is 6.36. The Bertz CT molecular complexity index is 756. The van der Waals surface area contributed by atoms with Crippen molar-refractivity contribution >= 4 is 15.9 Å². The van der Waals surface area contributed by atoms with Gasteiger partial charge >= 0.3 is 0 Å². The van der Waals surface area contributed by atoms with Gasteiger partial charge in [-0.1, -0.05) is 21.1 Å². The maximum atomic E-state index is 13.3. The molecule has 0 radical (unpaired) electrons. The minimum Gasteiger partial charge on any atom is -0.505 e. The summed E-state index contributed by atoms with van der Waals surface area (Å²) in [6, 6.07) is 5.85. The zero-order chi connectivity index (χ0) is 14.1. The molecule has 0 aliphatic carbocycles. The Kier molecular flexibility index (Phi) is 3.19. The first-order chi connectivity index (χ1) is 9.63. The van der Waals surface area contributed by atoms with Gasteiger partial charge in [0.2, 0.25) is 5.82 Å². The molecule has 1 aromatic carbocycles. The maximum Gasteiger partial charge on any atom is 0.262 e. The van der Waals surface area contributed by atoms with Crippen LogP contribution >= 0.6 is 15.9 Å². The zero-order valence-corrected chi connectivity index (χ0v) is 11.5. The molecule has 0 bridgehead atoms. The summed E-state index contributed by atoms with van der Waals surface area (Å²) >= 11 is 3.20. The lowest BCUT2D eigenvalue weighted by Crippen LogP contribution is -1.84. The number of rotatable bonds is 2. The fourth-order valence-electron chi connectivity index (χ4n) is 1.70. The second kappa shape index (κ2) is 5.01. The standard InChI is InChI=1S/C13H7BrFN3O2/c14-8-3-7(4-9(15)5-8)12-17-13(20-18-12)10-1-2-16-6-11(10)19/h1-6,19H. The summed E-state index contributed by atoms with van der Waals surface area (Å²) in [7, 11) is 0. The summed E-state index contributed by atoms with van der Waals surface area (Å²) in [6.45, 7) is 0. The van der Waals surface area contributed by atoms with Crippen molar-refractivity contribution in [1.82, 2.24) is 15.1 Å². The molecule has 1 N–H and O–H groups in total. The number of pyridine rings is 1. The summed E-state index contributed by atoms with van der Waals surface area (Å²) in [6.07, 6.45) is 2.77. The number of aromatic hydroxyl groups is 1. The second-order valence-corrected chi connectivity index (χ2v) is 4.89. The van der Waals surface area contributed by atoms with Crippen molar-refractivity contribution in [3.05, 3.63) is 46.9 Å². The number of hydrogen-bond acceptors (Lipinski definition) is 5. The number of nitrogens with zero attached hydrogens (tertiary/aromatic N) is 3. The average molecular weight is 336 g/mol. The summed E-state index contributed by atoms with van der Waals surface area (Å²) < 4.78 is 19.0. The predicted octanol–water partition coefficient (Wildman–Crippen LogP) is 3.41. The van der Waals surface area contributed by atoms with Crippen molar-refractivity contribution in [2.45, 2.75) is 0 Å². The van der Waals surface area contributed by atoms with Gasteiger partial charge in [0.1, 0.15) is 11.6 Å². The normalized spacial score (nSPS) is 10.7. The minimum atomic E-state index is -0.410. The van der Waals surface area contributed by atoms with Gasteiger partial charge in [0, 0.05) is 16.2 Å². The molecule has 0 saturated carbocycles. The number of halogens is 2. The molecule has 20 heavy (non-hydrogen) atoms. The smallest absolute Gasteiger partial charge is 0.262 e. The van der Waals surface area contributed by atoms with Crippen LogP contribution in [0.4, 0.5) is 4.39 Å². The monoisotopic (exact) mass is 335 g/mol. The highest BCUT2D eigenvalue weighted by molar-refractivity contribution is 9.10. The van der Waals surface area contributed by atoms with Gasteiger partial charge in [0.05, 0.1) is 11.8 Å². The maximum absolute atomic E-state index is 13.3. The van der Waals surface area contributed by atoms with Crippen LogP contribution in [0.2, 0.25) is 0 Å². The molecule has 0 atom stereocenters. The third-order valence-electron chi connectivity index (χ3n) is 2.58. The van der Waals surface area contributed by atoms with Crippen LogP contribution in [0.25, 0.3) is 22.8 Å². The summed E-state index contributed by atoms with van der Waals surface area (Å²) in [5.41, 5.74) is 0.842. The fourth-order valence-corrected chi connectivity index (χ4v) is 2.17. The Balaban J connectivity index is 2.04. The van der Waals surface area contributed by atoms with Gasteiger partial charge in [-0.2, -0.15) is 4.98 Å². The molecule has 0 saturated heterocycles. The third-order valence-corrected chi connectivity index (χ3v) is 3.04. The molecule has 3 aromatic rings. The van der Waals surface area contributed by atoms with Gasteiger partial charge in [-0.25, -0.2) is 4.39 Å². The Hall–Kier alpha value is -2.28. The molecule has 7 heteroatoms. The quantitative estimate of drug-likeness (QED) is 0.776. The van der Waals surface area contributed by atoms with Crippen molar-refractivity contribution in [2.24, 2.45) is 0 Å².